The fraction of sp³-hybridized carbons (Fsp3) is 0.538. The number of aromatic nitrogens is 3. The van der Waals surface area contributed by atoms with Gasteiger partial charge in [0, 0.05) is 25.0 Å². The van der Waals surface area contributed by atoms with Gasteiger partial charge < -0.3 is 10.2 Å². The van der Waals surface area contributed by atoms with Gasteiger partial charge in [-0.25, -0.2) is 9.50 Å². The van der Waals surface area contributed by atoms with Crippen LogP contribution in [0, 0.1) is 0 Å². The molecule has 2 aromatic rings. The fourth-order valence-corrected chi connectivity index (χ4v) is 1.96. The van der Waals surface area contributed by atoms with Crippen molar-refractivity contribution in [1.82, 2.24) is 19.5 Å². The Morgan fingerprint density at radius 1 is 1.29 bits per heavy atom. The highest BCUT2D eigenvalue weighted by Gasteiger charge is 2.34. The average Bonchev–Trinajstić information content (AvgIpc) is 2.82. The number of nitrogens with zero attached hydrogens (tertiary/aromatic N) is 4. The van der Waals surface area contributed by atoms with Crippen LogP contribution in [0.2, 0.25) is 0 Å². The Morgan fingerprint density at radius 2 is 2.05 bits per heavy atom. The van der Waals surface area contributed by atoms with E-state index in [0.717, 1.165) is 25.5 Å². The zero-order chi connectivity index (χ0) is 15.5. The van der Waals surface area contributed by atoms with Crippen molar-refractivity contribution in [1.29, 1.82) is 0 Å². The number of halogens is 3. The van der Waals surface area contributed by atoms with Crippen LogP contribution in [0.4, 0.5) is 19.0 Å². The summed E-state index contributed by atoms with van der Waals surface area (Å²) in [6.07, 6.45) is 0.316. The topological polar surface area (TPSA) is 45.5 Å². The second-order valence-corrected chi connectivity index (χ2v) is 5.07. The largest absolute Gasteiger partial charge is 0.435 e. The van der Waals surface area contributed by atoms with Crippen LogP contribution in [0.5, 0.6) is 0 Å². The highest BCUT2D eigenvalue weighted by molar-refractivity contribution is 5.67. The van der Waals surface area contributed by atoms with Crippen molar-refractivity contribution in [2.45, 2.75) is 19.0 Å². The van der Waals surface area contributed by atoms with Crippen molar-refractivity contribution in [2.75, 3.05) is 32.5 Å². The number of nitrogens with one attached hydrogen (secondary N) is 1. The molecule has 0 aliphatic rings. The number of unbranched alkanes of at least 4 members (excludes halogenated alkanes) is 1. The maximum Gasteiger partial charge on any atom is 0.435 e. The number of anilines is 1. The highest BCUT2D eigenvalue weighted by atomic mass is 19.4. The van der Waals surface area contributed by atoms with Crippen molar-refractivity contribution in [2.24, 2.45) is 0 Å². The zero-order valence-corrected chi connectivity index (χ0v) is 12.0. The first-order valence-corrected chi connectivity index (χ1v) is 6.68. The van der Waals surface area contributed by atoms with Gasteiger partial charge in [0.05, 0.1) is 0 Å². The Labute approximate surface area is 120 Å². The smallest absolute Gasteiger partial charge is 0.368 e. The first kappa shape index (κ1) is 15.6. The number of hydrogen-bond donors (Lipinski definition) is 1. The number of alkyl halides is 3. The average molecular weight is 301 g/mol. The van der Waals surface area contributed by atoms with Gasteiger partial charge in [0.1, 0.15) is 5.52 Å². The molecule has 0 aromatic carbocycles. The molecule has 1 N–H and O–H groups in total. The molecule has 0 bridgehead atoms. The Morgan fingerprint density at radius 3 is 2.71 bits per heavy atom. The van der Waals surface area contributed by atoms with E-state index in [-0.39, 0.29) is 0 Å². The van der Waals surface area contributed by atoms with Gasteiger partial charge in [-0.05, 0) is 33.5 Å². The molecular formula is C13H18F3N5. The standard InChI is InChI=1S/C13H18F3N5/c1-20(2)7-4-3-5-17-12-10-9-11(13(14,15)16)19-21(10)8-6-18-12/h6,8-9H,3-5,7H2,1-2H3,(H,17,18). The lowest BCUT2D eigenvalue weighted by Gasteiger charge is -2.10. The first-order valence-electron chi connectivity index (χ1n) is 6.68. The van der Waals surface area contributed by atoms with Gasteiger partial charge in [-0.2, -0.15) is 18.3 Å². The van der Waals surface area contributed by atoms with Gasteiger partial charge in [0.25, 0.3) is 0 Å². The normalized spacial score (nSPS) is 12.3. The van der Waals surface area contributed by atoms with Crippen LogP contribution >= 0.6 is 0 Å². The van der Waals surface area contributed by atoms with E-state index in [1.54, 1.807) is 0 Å². The Hall–Kier alpha value is -1.83. The first-order chi connectivity index (χ1) is 9.88. The molecule has 0 amide bonds. The van der Waals surface area contributed by atoms with E-state index in [0.29, 0.717) is 17.9 Å². The van der Waals surface area contributed by atoms with Crippen molar-refractivity contribution in [3.05, 3.63) is 24.2 Å². The van der Waals surface area contributed by atoms with E-state index in [1.807, 2.05) is 14.1 Å². The summed E-state index contributed by atoms with van der Waals surface area (Å²) in [5.74, 6) is 0.422. The van der Waals surface area contributed by atoms with Crippen LogP contribution in [0.1, 0.15) is 18.5 Å². The molecule has 0 aliphatic carbocycles. The predicted molar refractivity (Wildman–Crippen MR) is 74.3 cm³/mol. The molecule has 0 radical (unpaired) electrons. The molecule has 21 heavy (non-hydrogen) atoms. The van der Waals surface area contributed by atoms with Gasteiger partial charge in [0.2, 0.25) is 0 Å². The molecule has 8 heteroatoms. The molecule has 0 saturated carbocycles. The molecule has 0 saturated heterocycles. The molecule has 0 spiro atoms. The predicted octanol–water partition coefficient (Wildman–Crippen LogP) is 2.50. The molecule has 2 aromatic heterocycles. The summed E-state index contributed by atoms with van der Waals surface area (Å²) in [5, 5.41) is 6.59. The molecule has 2 heterocycles. The Bertz CT molecular complexity index is 591. The molecule has 2 rings (SSSR count). The summed E-state index contributed by atoms with van der Waals surface area (Å²) < 4.78 is 39.2. The minimum atomic E-state index is -4.45. The summed E-state index contributed by atoms with van der Waals surface area (Å²) in [6, 6.07) is 1.01. The molecule has 116 valence electrons. The van der Waals surface area contributed by atoms with Crippen molar-refractivity contribution < 1.29 is 13.2 Å². The maximum atomic E-state index is 12.7. The van der Waals surface area contributed by atoms with E-state index in [4.69, 9.17) is 0 Å². The molecule has 0 fully saturated rings. The third-order valence-corrected chi connectivity index (χ3v) is 3.00. The lowest BCUT2D eigenvalue weighted by molar-refractivity contribution is -0.141. The molecule has 0 atom stereocenters. The maximum absolute atomic E-state index is 12.7. The molecule has 0 aliphatic heterocycles. The Balaban J connectivity index is 2.04. The number of hydrogen-bond acceptors (Lipinski definition) is 4. The lowest BCUT2D eigenvalue weighted by atomic mass is 10.3. The highest BCUT2D eigenvalue weighted by Crippen LogP contribution is 2.29. The molecule has 5 nitrogen and oxygen atoms in total. The van der Waals surface area contributed by atoms with E-state index in [9.17, 15) is 13.2 Å². The Kier molecular flexibility index (Phi) is 4.66. The summed E-state index contributed by atoms with van der Waals surface area (Å²) in [5.41, 5.74) is -0.580. The minimum absolute atomic E-state index is 0.331. The van der Waals surface area contributed by atoms with Gasteiger partial charge >= 0.3 is 6.18 Å². The molecule has 0 unspecified atom stereocenters. The third-order valence-electron chi connectivity index (χ3n) is 3.00. The summed E-state index contributed by atoms with van der Waals surface area (Å²) in [7, 11) is 4.00. The van der Waals surface area contributed by atoms with Crippen LogP contribution < -0.4 is 5.32 Å². The SMILES string of the molecule is CN(C)CCCCNc1nccn2nc(C(F)(F)F)cc12. The van der Waals surface area contributed by atoms with Gasteiger partial charge in [0.15, 0.2) is 11.5 Å². The van der Waals surface area contributed by atoms with E-state index in [2.05, 4.69) is 20.3 Å². The van der Waals surface area contributed by atoms with Crippen molar-refractivity contribution in [3.63, 3.8) is 0 Å². The van der Waals surface area contributed by atoms with E-state index >= 15 is 0 Å². The van der Waals surface area contributed by atoms with Crippen LogP contribution in [0.25, 0.3) is 5.52 Å². The van der Waals surface area contributed by atoms with Gasteiger partial charge in [-0.1, -0.05) is 0 Å². The van der Waals surface area contributed by atoms with E-state index in [1.165, 1.54) is 16.9 Å². The second kappa shape index (κ2) is 6.30. The van der Waals surface area contributed by atoms with Gasteiger partial charge in [-0.15, -0.1) is 0 Å². The zero-order valence-electron chi connectivity index (χ0n) is 12.0. The van der Waals surface area contributed by atoms with Crippen LogP contribution in [-0.4, -0.2) is 46.7 Å². The van der Waals surface area contributed by atoms with Crippen LogP contribution in [0.3, 0.4) is 0 Å². The summed E-state index contributed by atoms with van der Waals surface area (Å²) in [6.45, 7) is 1.64. The van der Waals surface area contributed by atoms with Crippen LogP contribution in [-0.2, 0) is 6.18 Å². The quantitative estimate of drug-likeness (QED) is 0.833. The summed E-state index contributed by atoms with van der Waals surface area (Å²) >= 11 is 0. The monoisotopic (exact) mass is 301 g/mol. The number of rotatable bonds is 6. The minimum Gasteiger partial charge on any atom is -0.368 e. The second-order valence-electron chi connectivity index (χ2n) is 5.07. The third kappa shape index (κ3) is 4.07. The van der Waals surface area contributed by atoms with Crippen molar-refractivity contribution >= 4 is 11.3 Å². The fourth-order valence-electron chi connectivity index (χ4n) is 1.96. The number of fused-ring (bicyclic) bond motifs is 1. The molecular weight excluding hydrogens is 283 g/mol. The van der Waals surface area contributed by atoms with Crippen molar-refractivity contribution in [3.8, 4) is 0 Å². The van der Waals surface area contributed by atoms with Crippen LogP contribution in [0.15, 0.2) is 18.5 Å². The lowest BCUT2D eigenvalue weighted by Crippen LogP contribution is -2.14. The van der Waals surface area contributed by atoms with E-state index < -0.39 is 11.9 Å². The summed E-state index contributed by atoms with van der Waals surface area (Å²) in [4.78, 5) is 6.17. The van der Waals surface area contributed by atoms with Gasteiger partial charge in [-0.3, -0.25) is 0 Å².